The summed E-state index contributed by atoms with van der Waals surface area (Å²) in [5, 5.41) is 18.6. The van der Waals surface area contributed by atoms with Crippen molar-refractivity contribution in [1.29, 1.82) is 0 Å². The molecule has 2 amide bonds. The van der Waals surface area contributed by atoms with Gasteiger partial charge in [0.05, 0.1) is 5.56 Å². The first-order valence-corrected chi connectivity index (χ1v) is 13.2. The molecule has 39 heavy (non-hydrogen) atoms. The van der Waals surface area contributed by atoms with Crippen molar-refractivity contribution < 1.29 is 14.7 Å². The zero-order valence-electron chi connectivity index (χ0n) is 22.4. The molecule has 200 valence electrons. The van der Waals surface area contributed by atoms with Crippen molar-refractivity contribution in [3.8, 4) is 0 Å². The summed E-state index contributed by atoms with van der Waals surface area (Å²) in [6, 6.07) is 17.1. The summed E-state index contributed by atoms with van der Waals surface area (Å²) in [6.45, 7) is 7.04. The standard InChI is InChI=1S/C31H33N5O3/c1-4-6-27(37)30(39)36-18-22-16-24(10-11-26(22)31(2,3)19-36)35-29(38)25-7-5-13-33-28(25)34-23-9-8-20-12-14-32-17-21(20)15-23/h5,7-17,27,37H,4,6,18-19H2,1-3H3,(H,33,34)(H,35,38). The van der Waals surface area contributed by atoms with Crippen LogP contribution in [0.4, 0.5) is 17.2 Å². The molecule has 1 aliphatic rings. The number of aliphatic hydroxyl groups excluding tert-OH is 1. The number of rotatable bonds is 7. The van der Waals surface area contributed by atoms with Crippen molar-refractivity contribution >= 4 is 39.8 Å². The number of nitrogens with zero attached hydrogens (tertiary/aromatic N) is 3. The first-order valence-electron chi connectivity index (χ1n) is 13.2. The predicted octanol–water partition coefficient (Wildman–Crippen LogP) is 5.41. The van der Waals surface area contributed by atoms with Crippen LogP contribution in [0.25, 0.3) is 10.8 Å². The first kappa shape index (κ1) is 26.3. The van der Waals surface area contributed by atoms with Crippen LogP contribution in [0.3, 0.4) is 0 Å². The lowest BCUT2D eigenvalue weighted by molar-refractivity contribution is -0.142. The molecule has 1 atom stereocenters. The molecule has 0 saturated carbocycles. The summed E-state index contributed by atoms with van der Waals surface area (Å²) in [4.78, 5) is 36.6. The van der Waals surface area contributed by atoms with E-state index in [2.05, 4.69) is 34.4 Å². The second-order valence-corrected chi connectivity index (χ2v) is 10.7. The molecule has 3 N–H and O–H groups in total. The fraction of sp³-hybridized carbons (Fsp3) is 0.290. The topological polar surface area (TPSA) is 107 Å². The van der Waals surface area contributed by atoms with E-state index in [1.807, 2.05) is 49.4 Å². The minimum absolute atomic E-state index is 0.249. The minimum atomic E-state index is -0.995. The molecule has 8 heteroatoms. The van der Waals surface area contributed by atoms with Crippen LogP contribution in [0.5, 0.6) is 0 Å². The predicted molar refractivity (Wildman–Crippen MR) is 153 cm³/mol. The van der Waals surface area contributed by atoms with E-state index in [9.17, 15) is 14.7 Å². The van der Waals surface area contributed by atoms with Crippen molar-refractivity contribution in [2.75, 3.05) is 17.2 Å². The Morgan fingerprint density at radius 2 is 1.87 bits per heavy atom. The van der Waals surface area contributed by atoms with Crippen molar-refractivity contribution in [2.45, 2.75) is 51.7 Å². The Bertz CT molecular complexity index is 1530. The second kappa shape index (κ2) is 10.8. The number of hydrogen-bond acceptors (Lipinski definition) is 6. The number of anilines is 3. The van der Waals surface area contributed by atoms with Gasteiger partial charge in [-0.25, -0.2) is 4.98 Å². The number of carbonyl (C=O) groups is 2. The van der Waals surface area contributed by atoms with Gasteiger partial charge in [-0.2, -0.15) is 0 Å². The number of aliphatic hydroxyl groups is 1. The maximum Gasteiger partial charge on any atom is 0.259 e. The average molecular weight is 524 g/mol. The summed E-state index contributed by atoms with van der Waals surface area (Å²) in [7, 11) is 0. The number of nitrogens with one attached hydrogen (secondary N) is 2. The molecule has 4 aromatic rings. The van der Waals surface area contributed by atoms with E-state index >= 15 is 0 Å². The second-order valence-electron chi connectivity index (χ2n) is 10.7. The largest absolute Gasteiger partial charge is 0.383 e. The molecular formula is C31H33N5O3. The number of aromatic nitrogens is 2. The van der Waals surface area contributed by atoms with Crippen LogP contribution in [-0.2, 0) is 16.8 Å². The lowest BCUT2D eigenvalue weighted by Crippen LogP contribution is -2.48. The Labute approximate surface area is 228 Å². The van der Waals surface area contributed by atoms with Crippen LogP contribution in [0.1, 0.15) is 55.1 Å². The van der Waals surface area contributed by atoms with Crippen LogP contribution in [-0.4, -0.2) is 44.4 Å². The molecule has 1 unspecified atom stereocenters. The number of fused-ring (bicyclic) bond motifs is 2. The molecule has 5 rings (SSSR count). The molecule has 0 spiro atoms. The van der Waals surface area contributed by atoms with E-state index in [-0.39, 0.29) is 17.2 Å². The van der Waals surface area contributed by atoms with Crippen LogP contribution >= 0.6 is 0 Å². The fourth-order valence-electron chi connectivity index (χ4n) is 5.24. The molecule has 1 aliphatic heterocycles. The number of carbonyl (C=O) groups excluding carboxylic acids is 2. The van der Waals surface area contributed by atoms with E-state index < -0.39 is 6.10 Å². The van der Waals surface area contributed by atoms with Gasteiger partial charge in [0.25, 0.3) is 11.8 Å². The van der Waals surface area contributed by atoms with Gasteiger partial charge in [-0.05, 0) is 65.4 Å². The van der Waals surface area contributed by atoms with Crippen LogP contribution in [0.2, 0.25) is 0 Å². The summed E-state index contributed by atoms with van der Waals surface area (Å²) in [6.07, 6.45) is 5.37. The Morgan fingerprint density at radius 3 is 2.69 bits per heavy atom. The fourth-order valence-corrected chi connectivity index (χ4v) is 5.24. The Balaban J connectivity index is 1.36. The summed E-state index contributed by atoms with van der Waals surface area (Å²) >= 11 is 0. The monoisotopic (exact) mass is 523 g/mol. The van der Waals surface area contributed by atoms with Gasteiger partial charge in [0.2, 0.25) is 0 Å². The van der Waals surface area contributed by atoms with Crippen LogP contribution < -0.4 is 10.6 Å². The highest BCUT2D eigenvalue weighted by Crippen LogP contribution is 2.35. The van der Waals surface area contributed by atoms with Crippen molar-refractivity contribution in [3.05, 3.63) is 89.9 Å². The minimum Gasteiger partial charge on any atom is -0.383 e. The highest BCUT2D eigenvalue weighted by atomic mass is 16.3. The van der Waals surface area contributed by atoms with Gasteiger partial charge in [-0.1, -0.05) is 39.3 Å². The van der Waals surface area contributed by atoms with Gasteiger partial charge >= 0.3 is 0 Å². The van der Waals surface area contributed by atoms with Crippen LogP contribution in [0.15, 0.2) is 73.2 Å². The van der Waals surface area contributed by atoms with Gasteiger partial charge < -0.3 is 20.6 Å². The zero-order valence-corrected chi connectivity index (χ0v) is 22.4. The average Bonchev–Trinajstić information content (AvgIpc) is 2.92. The van der Waals surface area contributed by atoms with Gasteiger partial charge in [0.15, 0.2) is 0 Å². The van der Waals surface area contributed by atoms with Gasteiger partial charge in [-0.3, -0.25) is 14.6 Å². The lowest BCUT2D eigenvalue weighted by atomic mass is 9.78. The maximum atomic E-state index is 13.4. The SMILES string of the molecule is CCCC(O)C(=O)N1Cc2cc(NC(=O)c3cccnc3Nc3ccc4ccncc4c3)ccc2C(C)(C)C1. The molecule has 0 fully saturated rings. The molecule has 0 saturated heterocycles. The third-order valence-electron chi connectivity index (χ3n) is 7.15. The number of pyridine rings is 2. The molecule has 0 aliphatic carbocycles. The summed E-state index contributed by atoms with van der Waals surface area (Å²) in [5.41, 5.74) is 3.63. The normalized spacial score (nSPS) is 14.9. The third kappa shape index (κ3) is 5.61. The maximum absolute atomic E-state index is 13.4. The summed E-state index contributed by atoms with van der Waals surface area (Å²) in [5.74, 6) is -0.103. The van der Waals surface area contributed by atoms with Gasteiger partial charge in [0.1, 0.15) is 11.9 Å². The highest BCUT2D eigenvalue weighted by Gasteiger charge is 2.35. The van der Waals surface area contributed by atoms with Crippen molar-refractivity contribution in [3.63, 3.8) is 0 Å². The Morgan fingerprint density at radius 1 is 1.05 bits per heavy atom. The molecule has 0 bridgehead atoms. The first-order chi connectivity index (χ1) is 18.7. The number of amides is 2. The molecule has 8 nitrogen and oxygen atoms in total. The van der Waals surface area contributed by atoms with E-state index in [1.165, 1.54) is 0 Å². The van der Waals surface area contributed by atoms with Crippen LogP contribution in [0, 0.1) is 0 Å². The number of benzene rings is 2. The quantitative estimate of drug-likeness (QED) is 0.299. The Hall–Kier alpha value is -4.30. The van der Waals surface area contributed by atoms with E-state index in [0.29, 0.717) is 36.6 Å². The van der Waals surface area contributed by atoms with E-state index in [1.54, 1.807) is 35.6 Å². The molecular weight excluding hydrogens is 490 g/mol. The zero-order chi connectivity index (χ0) is 27.6. The van der Waals surface area contributed by atoms with E-state index in [0.717, 1.165) is 34.0 Å². The van der Waals surface area contributed by atoms with E-state index in [4.69, 9.17) is 0 Å². The van der Waals surface area contributed by atoms with Crippen molar-refractivity contribution in [2.24, 2.45) is 0 Å². The van der Waals surface area contributed by atoms with Crippen molar-refractivity contribution in [1.82, 2.24) is 14.9 Å². The molecule has 0 radical (unpaired) electrons. The van der Waals surface area contributed by atoms with Gasteiger partial charge in [-0.15, -0.1) is 0 Å². The highest BCUT2D eigenvalue weighted by molar-refractivity contribution is 6.08. The lowest BCUT2D eigenvalue weighted by Gasteiger charge is -2.40. The summed E-state index contributed by atoms with van der Waals surface area (Å²) < 4.78 is 0. The molecule has 3 heterocycles. The third-order valence-corrected chi connectivity index (χ3v) is 7.15. The molecule has 2 aromatic carbocycles. The Kier molecular flexibility index (Phi) is 7.30. The molecule has 2 aromatic heterocycles. The number of hydrogen-bond donors (Lipinski definition) is 3. The smallest absolute Gasteiger partial charge is 0.259 e. The van der Waals surface area contributed by atoms with Gasteiger partial charge in [0, 0.05) is 53.9 Å².